The molecule has 4 rings (SSSR count). The van der Waals surface area contributed by atoms with Crippen molar-refractivity contribution in [2.45, 2.75) is 95.2 Å². The van der Waals surface area contributed by atoms with E-state index < -0.39 is 0 Å². The molecule has 4 fully saturated rings. The molecule has 2 bridgehead atoms. The predicted molar refractivity (Wildman–Crippen MR) is 109 cm³/mol. The second-order valence-corrected chi connectivity index (χ2v) is 9.09. The second kappa shape index (κ2) is 9.60. The third kappa shape index (κ3) is 4.97. The quantitative estimate of drug-likeness (QED) is 0.766. The number of hydrogen-bond acceptors (Lipinski definition) is 3. The molecule has 0 radical (unpaired) electrons. The highest BCUT2D eigenvalue weighted by Crippen LogP contribution is 2.34. The van der Waals surface area contributed by atoms with Gasteiger partial charge >= 0.3 is 0 Å². The lowest BCUT2D eigenvalue weighted by Gasteiger charge is -2.35. The van der Waals surface area contributed by atoms with Crippen molar-refractivity contribution >= 4 is 24.2 Å². The number of hydrogen-bond donors (Lipinski definition) is 2. The minimum atomic E-state index is 0. The zero-order valence-electron chi connectivity index (χ0n) is 16.5. The summed E-state index contributed by atoms with van der Waals surface area (Å²) in [7, 11) is 0. The van der Waals surface area contributed by atoms with Crippen LogP contribution in [-0.4, -0.2) is 47.9 Å². The van der Waals surface area contributed by atoms with Gasteiger partial charge in [0.1, 0.15) is 0 Å². The van der Waals surface area contributed by atoms with Gasteiger partial charge in [-0.1, -0.05) is 12.8 Å². The van der Waals surface area contributed by atoms with E-state index in [0.29, 0.717) is 30.3 Å². The Morgan fingerprint density at radius 1 is 0.889 bits per heavy atom. The van der Waals surface area contributed by atoms with E-state index in [-0.39, 0.29) is 30.3 Å². The smallest absolute Gasteiger partial charge is 0.226 e. The summed E-state index contributed by atoms with van der Waals surface area (Å²) in [5.41, 5.74) is 0. The summed E-state index contributed by atoms with van der Waals surface area (Å²) in [6.07, 6.45) is 13.0. The second-order valence-electron chi connectivity index (χ2n) is 9.09. The largest absolute Gasteiger partial charge is 0.353 e. The highest BCUT2D eigenvalue weighted by molar-refractivity contribution is 5.85. The first-order valence-electron chi connectivity index (χ1n) is 11.0. The van der Waals surface area contributed by atoms with Crippen LogP contribution in [0.3, 0.4) is 0 Å². The van der Waals surface area contributed by atoms with Crippen molar-refractivity contribution in [3.63, 3.8) is 0 Å². The first kappa shape index (κ1) is 20.9. The summed E-state index contributed by atoms with van der Waals surface area (Å²) in [6.45, 7) is 2.01. The lowest BCUT2D eigenvalue weighted by Crippen LogP contribution is -2.47. The molecule has 2 N–H and O–H groups in total. The average Bonchev–Trinajstić information content (AvgIpc) is 3.21. The summed E-state index contributed by atoms with van der Waals surface area (Å²) in [5, 5.41) is 6.73. The van der Waals surface area contributed by atoms with Gasteiger partial charge in [-0.25, -0.2) is 0 Å². The van der Waals surface area contributed by atoms with Gasteiger partial charge in [0.2, 0.25) is 11.8 Å². The summed E-state index contributed by atoms with van der Waals surface area (Å²) in [5.74, 6) is 1.43. The molecule has 0 spiro atoms. The Labute approximate surface area is 169 Å². The van der Waals surface area contributed by atoms with E-state index in [1.807, 2.05) is 0 Å². The van der Waals surface area contributed by atoms with Crippen LogP contribution in [0.25, 0.3) is 0 Å². The number of carbonyl (C=O) groups excluding carboxylic acids is 2. The van der Waals surface area contributed by atoms with Gasteiger partial charge in [0.25, 0.3) is 0 Å². The molecule has 2 aliphatic carbocycles. The van der Waals surface area contributed by atoms with Crippen LogP contribution >= 0.6 is 12.4 Å². The maximum absolute atomic E-state index is 13.1. The van der Waals surface area contributed by atoms with E-state index in [2.05, 4.69) is 15.5 Å². The van der Waals surface area contributed by atoms with Crippen molar-refractivity contribution in [1.29, 1.82) is 0 Å². The van der Waals surface area contributed by atoms with Crippen LogP contribution in [0.2, 0.25) is 0 Å². The van der Waals surface area contributed by atoms with E-state index in [0.717, 1.165) is 51.6 Å². The van der Waals surface area contributed by atoms with Gasteiger partial charge < -0.3 is 15.5 Å². The van der Waals surface area contributed by atoms with Crippen LogP contribution in [0.5, 0.6) is 0 Å². The summed E-state index contributed by atoms with van der Waals surface area (Å²) in [4.78, 5) is 27.6. The fraction of sp³-hybridized carbons (Fsp3) is 0.905. The van der Waals surface area contributed by atoms with Crippen molar-refractivity contribution in [3.05, 3.63) is 0 Å². The molecule has 0 aromatic carbocycles. The minimum absolute atomic E-state index is 0. The van der Waals surface area contributed by atoms with Crippen molar-refractivity contribution in [2.75, 3.05) is 13.1 Å². The first-order chi connectivity index (χ1) is 12.7. The highest BCUT2D eigenvalue weighted by atomic mass is 35.5. The monoisotopic (exact) mass is 397 g/mol. The van der Waals surface area contributed by atoms with Crippen LogP contribution in [0.4, 0.5) is 0 Å². The van der Waals surface area contributed by atoms with Gasteiger partial charge in [0, 0.05) is 37.0 Å². The normalized spacial score (nSPS) is 34.0. The van der Waals surface area contributed by atoms with Gasteiger partial charge in [-0.05, 0) is 70.3 Å². The van der Waals surface area contributed by atoms with Gasteiger partial charge in [-0.2, -0.15) is 0 Å². The number of fused-ring (bicyclic) bond motifs is 2. The van der Waals surface area contributed by atoms with Gasteiger partial charge in [0.05, 0.1) is 0 Å². The van der Waals surface area contributed by atoms with E-state index in [1.165, 1.54) is 32.1 Å². The maximum atomic E-state index is 13.1. The Hall–Kier alpha value is -0.810. The Bertz CT molecular complexity index is 502. The molecule has 0 aromatic rings. The Balaban J connectivity index is 0.00000210. The van der Waals surface area contributed by atoms with Gasteiger partial charge in [-0.15, -0.1) is 12.4 Å². The lowest BCUT2D eigenvalue weighted by molar-refractivity contribution is -0.139. The molecule has 2 unspecified atom stereocenters. The highest BCUT2D eigenvalue weighted by Gasteiger charge is 2.41. The maximum Gasteiger partial charge on any atom is 0.226 e. The Morgan fingerprint density at radius 2 is 1.59 bits per heavy atom. The fourth-order valence-electron chi connectivity index (χ4n) is 5.80. The number of nitrogens with one attached hydrogen (secondary N) is 2. The predicted octanol–water partition coefficient (Wildman–Crippen LogP) is 3.02. The molecule has 6 heteroatoms. The van der Waals surface area contributed by atoms with Crippen molar-refractivity contribution in [2.24, 2.45) is 11.8 Å². The van der Waals surface area contributed by atoms with E-state index >= 15 is 0 Å². The molecule has 154 valence electrons. The molecule has 27 heavy (non-hydrogen) atoms. The number of amides is 2. The van der Waals surface area contributed by atoms with Crippen molar-refractivity contribution < 1.29 is 9.59 Å². The van der Waals surface area contributed by atoms with Gasteiger partial charge in [0.15, 0.2) is 0 Å². The van der Waals surface area contributed by atoms with Gasteiger partial charge in [-0.3, -0.25) is 9.59 Å². The van der Waals surface area contributed by atoms with Crippen molar-refractivity contribution in [3.8, 4) is 0 Å². The van der Waals surface area contributed by atoms with Crippen LogP contribution in [-0.2, 0) is 9.59 Å². The average molecular weight is 398 g/mol. The van der Waals surface area contributed by atoms with E-state index in [4.69, 9.17) is 0 Å². The molecular formula is C21H36ClN3O2. The summed E-state index contributed by atoms with van der Waals surface area (Å²) < 4.78 is 0. The fourth-order valence-corrected chi connectivity index (χ4v) is 5.80. The SMILES string of the molecule is Cl.O=C(CC1CCCC1)NC1CCC(C(=O)N2C3CCNCC2CC3)CC1. The van der Waals surface area contributed by atoms with Crippen LogP contribution in [0.1, 0.15) is 77.0 Å². The number of halogens is 1. The lowest BCUT2D eigenvalue weighted by atomic mass is 9.84. The minimum Gasteiger partial charge on any atom is -0.353 e. The molecule has 5 nitrogen and oxygen atoms in total. The summed E-state index contributed by atoms with van der Waals surface area (Å²) in [6, 6.07) is 1.17. The molecule has 2 atom stereocenters. The molecular weight excluding hydrogens is 362 g/mol. The third-order valence-electron chi connectivity index (χ3n) is 7.30. The number of carbonyl (C=O) groups is 2. The Morgan fingerprint density at radius 3 is 2.33 bits per heavy atom. The molecule has 2 saturated heterocycles. The van der Waals surface area contributed by atoms with Crippen LogP contribution < -0.4 is 10.6 Å². The number of rotatable bonds is 4. The van der Waals surface area contributed by atoms with Crippen molar-refractivity contribution in [1.82, 2.24) is 15.5 Å². The Kier molecular flexibility index (Phi) is 7.43. The topological polar surface area (TPSA) is 61.4 Å². The molecule has 2 saturated carbocycles. The standard InChI is InChI=1S/C21H35N3O2.ClH/c25-20(13-15-3-1-2-4-15)23-17-7-5-16(6-8-17)21(26)24-18-9-10-19(24)14-22-12-11-18;/h15-19,22H,1-14H2,(H,23,25);1H. The molecule has 0 aromatic heterocycles. The van der Waals surface area contributed by atoms with E-state index in [9.17, 15) is 9.59 Å². The molecule has 4 aliphatic rings. The molecule has 2 heterocycles. The van der Waals surface area contributed by atoms with Crippen LogP contribution in [0.15, 0.2) is 0 Å². The molecule has 2 amide bonds. The summed E-state index contributed by atoms with van der Waals surface area (Å²) >= 11 is 0. The third-order valence-corrected chi connectivity index (χ3v) is 7.30. The molecule has 2 aliphatic heterocycles. The van der Waals surface area contributed by atoms with E-state index in [1.54, 1.807) is 0 Å². The zero-order valence-corrected chi connectivity index (χ0v) is 17.3. The van der Waals surface area contributed by atoms with Crippen LogP contribution in [0, 0.1) is 11.8 Å². The number of nitrogens with zero attached hydrogens (tertiary/aromatic N) is 1. The zero-order chi connectivity index (χ0) is 17.9. The first-order valence-corrected chi connectivity index (χ1v) is 11.0.